The van der Waals surface area contributed by atoms with Gasteiger partial charge in [0.25, 0.3) is 11.8 Å². The Morgan fingerprint density at radius 2 is 1.74 bits per heavy atom. The van der Waals surface area contributed by atoms with Crippen LogP contribution in [0.15, 0.2) is 36.7 Å². The monoisotopic (exact) mass is 255 g/mol. The van der Waals surface area contributed by atoms with Crippen molar-refractivity contribution in [3.05, 3.63) is 53.6 Å². The number of carbonyl (C=O) groups excluding carboxylic acids is 2. The number of hydrogen-bond acceptors (Lipinski definition) is 3. The number of imide groups is 1. The summed E-state index contributed by atoms with van der Waals surface area (Å²) >= 11 is 0. The van der Waals surface area contributed by atoms with Crippen LogP contribution in [-0.2, 0) is 13.5 Å². The van der Waals surface area contributed by atoms with Gasteiger partial charge in [-0.05, 0) is 12.1 Å². The fourth-order valence-electron chi connectivity index (χ4n) is 2.29. The van der Waals surface area contributed by atoms with Gasteiger partial charge in [0.15, 0.2) is 0 Å². The number of hydrogen-bond donors (Lipinski definition) is 0. The molecular weight excluding hydrogens is 242 g/mol. The minimum Gasteiger partial charge on any atom is -0.338 e. The molecule has 0 N–H and O–H groups in total. The Balaban J connectivity index is 1.79. The van der Waals surface area contributed by atoms with Crippen LogP contribution in [-0.4, -0.2) is 32.8 Å². The molecular formula is C14H13N3O2. The van der Waals surface area contributed by atoms with E-state index in [-0.39, 0.29) is 11.8 Å². The molecule has 0 atom stereocenters. The van der Waals surface area contributed by atoms with E-state index >= 15 is 0 Å². The highest BCUT2D eigenvalue weighted by Gasteiger charge is 2.34. The summed E-state index contributed by atoms with van der Waals surface area (Å²) in [4.78, 5) is 29.7. The Labute approximate surface area is 110 Å². The maximum atomic E-state index is 12.1. The van der Waals surface area contributed by atoms with Gasteiger partial charge in [0.2, 0.25) is 0 Å². The van der Waals surface area contributed by atoms with Crippen molar-refractivity contribution in [2.24, 2.45) is 7.05 Å². The third kappa shape index (κ3) is 1.83. The summed E-state index contributed by atoms with van der Waals surface area (Å²) in [5, 5.41) is 0. The van der Waals surface area contributed by atoms with Gasteiger partial charge < -0.3 is 4.57 Å². The first-order valence-electron chi connectivity index (χ1n) is 6.10. The average molecular weight is 255 g/mol. The quantitative estimate of drug-likeness (QED) is 0.776. The van der Waals surface area contributed by atoms with E-state index in [4.69, 9.17) is 0 Å². The van der Waals surface area contributed by atoms with Crippen molar-refractivity contribution >= 4 is 11.8 Å². The van der Waals surface area contributed by atoms with E-state index in [1.807, 2.05) is 17.8 Å². The zero-order valence-electron chi connectivity index (χ0n) is 10.5. The van der Waals surface area contributed by atoms with Crippen molar-refractivity contribution in [1.82, 2.24) is 14.5 Å². The van der Waals surface area contributed by atoms with Crippen LogP contribution in [0.1, 0.15) is 26.5 Å². The van der Waals surface area contributed by atoms with Gasteiger partial charge in [-0.25, -0.2) is 4.98 Å². The van der Waals surface area contributed by atoms with Crippen LogP contribution in [0.4, 0.5) is 0 Å². The van der Waals surface area contributed by atoms with E-state index in [2.05, 4.69) is 4.98 Å². The number of benzene rings is 1. The molecule has 19 heavy (non-hydrogen) atoms. The number of nitrogens with zero attached hydrogens (tertiary/aromatic N) is 3. The summed E-state index contributed by atoms with van der Waals surface area (Å²) < 4.78 is 1.89. The molecule has 1 aromatic heterocycles. The number of fused-ring (bicyclic) bond motifs is 1. The number of amides is 2. The summed E-state index contributed by atoms with van der Waals surface area (Å²) in [6, 6.07) is 6.92. The first-order valence-corrected chi connectivity index (χ1v) is 6.10. The molecule has 0 saturated heterocycles. The van der Waals surface area contributed by atoms with Gasteiger partial charge in [-0.2, -0.15) is 0 Å². The predicted molar refractivity (Wildman–Crippen MR) is 68.7 cm³/mol. The Morgan fingerprint density at radius 3 is 2.26 bits per heavy atom. The highest BCUT2D eigenvalue weighted by Crippen LogP contribution is 2.22. The topological polar surface area (TPSA) is 55.2 Å². The number of aromatic nitrogens is 2. The molecule has 0 fully saturated rings. The Kier molecular flexibility index (Phi) is 2.67. The van der Waals surface area contributed by atoms with E-state index in [1.54, 1.807) is 30.5 Å². The highest BCUT2D eigenvalue weighted by atomic mass is 16.2. The molecule has 0 unspecified atom stereocenters. The second kappa shape index (κ2) is 4.35. The summed E-state index contributed by atoms with van der Waals surface area (Å²) in [5.74, 6) is 0.432. The van der Waals surface area contributed by atoms with Gasteiger partial charge in [0.05, 0.1) is 11.1 Å². The van der Waals surface area contributed by atoms with Gasteiger partial charge in [0.1, 0.15) is 5.82 Å². The molecule has 2 amide bonds. The largest absolute Gasteiger partial charge is 0.338 e. The van der Waals surface area contributed by atoms with Crippen molar-refractivity contribution in [3.63, 3.8) is 0 Å². The normalized spacial score (nSPS) is 14.1. The molecule has 1 aliphatic heterocycles. The van der Waals surface area contributed by atoms with Crippen molar-refractivity contribution in [2.45, 2.75) is 6.42 Å². The Morgan fingerprint density at radius 1 is 1.11 bits per heavy atom. The first kappa shape index (κ1) is 11.6. The Hall–Kier alpha value is -2.43. The van der Waals surface area contributed by atoms with Gasteiger partial charge in [0, 0.05) is 32.4 Å². The first-order chi connectivity index (χ1) is 9.18. The molecule has 0 aliphatic carbocycles. The molecule has 1 aliphatic rings. The van der Waals surface area contributed by atoms with Crippen LogP contribution in [0.3, 0.4) is 0 Å². The molecule has 0 radical (unpaired) electrons. The standard InChI is InChI=1S/C14H13N3O2/c1-16-9-7-15-12(16)6-8-17-13(18)10-4-2-3-5-11(10)14(17)19/h2-5,7,9H,6,8H2,1H3. The van der Waals surface area contributed by atoms with Crippen LogP contribution in [0, 0.1) is 0 Å². The highest BCUT2D eigenvalue weighted by molar-refractivity contribution is 6.21. The van der Waals surface area contributed by atoms with Crippen molar-refractivity contribution in [3.8, 4) is 0 Å². The number of imidazole rings is 1. The van der Waals surface area contributed by atoms with Crippen molar-refractivity contribution in [2.75, 3.05) is 6.54 Å². The number of carbonyl (C=O) groups is 2. The summed E-state index contributed by atoms with van der Waals surface area (Å²) in [6.07, 6.45) is 4.12. The van der Waals surface area contributed by atoms with Crippen LogP contribution in [0.25, 0.3) is 0 Å². The van der Waals surface area contributed by atoms with Gasteiger partial charge in [-0.1, -0.05) is 12.1 Å². The van der Waals surface area contributed by atoms with E-state index in [1.165, 1.54) is 4.90 Å². The molecule has 5 heteroatoms. The van der Waals surface area contributed by atoms with Crippen LogP contribution < -0.4 is 0 Å². The van der Waals surface area contributed by atoms with Crippen molar-refractivity contribution < 1.29 is 9.59 Å². The van der Waals surface area contributed by atoms with E-state index < -0.39 is 0 Å². The lowest BCUT2D eigenvalue weighted by molar-refractivity contribution is 0.0655. The maximum Gasteiger partial charge on any atom is 0.261 e. The zero-order valence-corrected chi connectivity index (χ0v) is 10.5. The molecule has 1 aromatic carbocycles. The second-order valence-corrected chi connectivity index (χ2v) is 4.51. The third-order valence-electron chi connectivity index (χ3n) is 3.36. The average Bonchev–Trinajstić information content (AvgIpc) is 2.93. The van der Waals surface area contributed by atoms with Crippen LogP contribution in [0.5, 0.6) is 0 Å². The van der Waals surface area contributed by atoms with Gasteiger partial charge in [-0.15, -0.1) is 0 Å². The SMILES string of the molecule is Cn1ccnc1CCN1C(=O)c2ccccc2C1=O. The lowest BCUT2D eigenvalue weighted by Crippen LogP contribution is -2.32. The van der Waals surface area contributed by atoms with Gasteiger partial charge >= 0.3 is 0 Å². The molecule has 0 bridgehead atoms. The molecule has 3 rings (SSSR count). The number of aryl methyl sites for hydroxylation is 1. The third-order valence-corrected chi connectivity index (χ3v) is 3.36. The maximum absolute atomic E-state index is 12.1. The fraction of sp³-hybridized carbons (Fsp3) is 0.214. The molecule has 0 saturated carbocycles. The zero-order chi connectivity index (χ0) is 13.4. The smallest absolute Gasteiger partial charge is 0.261 e. The minimum absolute atomic E-state index is 0.213. The summed E-state index contributed by atoms with van der Waals surface area (Å²) in [7, 11) is 1.89. The fourth-order valence-corrected chi connectivity index (χ4v) is 2.29. The summed E-state index contributed by atoms with van der Waals surface area (Å²) in [5.41, 5.74) is 0.986. The molecule has 2 aromatic rings. The Bertz CT molecular complexity index is 625. The summed E-state index contributed by atoms with van der Waals surface area (Å²) in [6.45, 7) is 0.358. The molecule has 2 heterocycles. The van der Waals surface area contributed by atoms with E-state index in [0.29, 0.717) is 24.1 Å². The van der Waals surface area contributed by atoms with Crippen molar-refractivity contribution in [1.29, 1.82) is 0 Å². The second-order valence-electron chi connectivity index (χ2n) is 4.51. The van der Waals surface area contributed by atoms with E-state index in [9.17, 15) is 9.59 Å². The molecule has 96 valence electrons. The van der Waals surface area contributed by atoms with E-state index in [0.717, 1.165) is 5.82 Å². The molecule has 5 nitrogen and oxygen atoms in total. The number of rotatable bonds is 3. The van der Waals surface area contributed by atoms with Gasteiger partial charge in [-0.3, -0.25) is 14.5 Å². The lowest BCUT2D eigenvalue weighted by atomic mass is 10.1. The minimum atomic E-state index is -0.213. The lowest BCUT2D eigenvalue weighted by Gasteiger charge is -2.13. The van der Waals surface area contributed by atoms with Crippen LogP contribution in [0.2, 0.25) is 0 Å². The predicted octanol–water partition coefficient (Wildman–Crippen LogP) is 1.26. The van der Waals surface area contributed by atoms with Crippen LogP contribution >= 0.6 is 0 Å². The molecule has 0 spiro atoms.